The molecule has 2 aromatic rings. The van der Waals surface area contributed by atoms with Crippen molar-refractivity contribution >= 4 is 0 Å². The third-order valence-electron chi connectivity index (χ3n) is 4.30. The highest BCUT2D eigenvalue weighted by Gasteiger charge is 2.22. The minimum atomic E-state index is 0.693. The summed E-state index contributed by atoms with van der Waals surface area (Å²) < 4.78 is 5.91. The van der Waals surface area contributed by atoms with Gasteiger partial charge in [0.1, 0.15) is 11.5 Å². The fraction of sp³-hybridized carbons (Fsp3) is 0.444. The zero-order chi connectivity index (χ0) is 14.5. The van der Waals surface area contributed by atoms with Crippen molar-refractivity contribution in [2.24, 2.45) is 0 Å². The Balaban J connectivity index is 1.51. The second-order valence-corrected chi connectivity index (χ2v) is 5.69. The van der Waals surface area contributed by atoms with E-state index in [1.807, 2.05) is 18.2 Å². The van der Waals surface area contributed by atoms with Crippen LogP contribution in [0, 0.1) is 0 Å². The molecule has 0 aliphatic carbocycles. The predicted octanol–water partition coefficient (Wildman–Crippen LogP) is 3.52. The van der Waals surface area contributed by atoms with Crippen LogP contribution in [0.25, 0.3) is 11.3 Å². The second kappa shape index (κ2) is 6.92. The van der Waals surface area contributed by atoms with E-state index in [-0.39, 0.29) is 0 Å². The summed E-state index contributed by atoms with van der Waals surface area (Å²) in [5, 5.41) is 3.54. The number of rotatable bonds is 6. The Morgan fingerprint density at radius 2 is 2.05 bits per heavy atom. The lowest BCUT2D eigenvalue weighted by molar-refractivity contribution is 0.258. The molecule has 1 saturated heterocycles. The number of benzene rings is 1. The van der Waals surface area contributed by atoms with Gasteiger partial charge < -0.3 is 9.73 Å². The smallest absolute Gasteiger partial charge is 0.134 e. The van der Waals surface area contributed by atoms with Crippen LogP contribution in [-0.2, 0) is 6.54 Å². The van der Waals surface area contributed by atoms with Crippen molar-refractivity contribution in [3.05, 3.63) is 48.2 Å². The summed E-state index contributed by atoms with van der Waals surface area (Å²) in [5.74, 6) is 1.96. The molecule has 112 valence electrons. The van der Waals surface area contributed by atoms with Crippen LogP contribution >= 0.6 is 0 Å². The van der Waals surface area contributed by atoms with Crippen LogP contribution in [0.3, 0.4) is 0 Å². The fourth-order valence-corrected chi connectivity index (χ4v) is 3.14. The van der Waals surface area contributed by atoms with Gasteiger partial charge in [-0.2, -0.15) is 0 Å². The molecule has 1 aromatic carbocycles. The van der Waals surface area contributed by atoms with Crippen molar-refractivity contribution < 1.29 is 4.42 Å². The SMILES string of the molecule is CCN1CCC[C@H]1CNCc1ccc(-c2ccccc2)o1. The van der Waals surface area contributed by atoms with E-state index in [1.165, 1.54) is 19.4 Å². The van der Waals surface area contributed by atoms with Crippen molar-refractivity contribution in [3.8, 4) is 11.3 Å². The normalized spacial score (nSPS) is 19.2. The molecule has 1 aliphatic rings. The molecule has 1 atom stereocenters. The summed E-state index contributed by atoms with van der Waals surface area (Å²) in [5.41, 5.74) is 1.14. The monoisotopic (exact) mass is 284 g/mol. The molecule has 1 N–H and O–H groups in total. The predicted molar refractivity (Wildman–Crippen MR) is 86.1 cm³/mol. The number of nitrogens with one attached hydrogen (secondary N) is 1. The zero-order valence-electron chi connectivity index (χ0n) is 12.7. The maximum absolute atomic E-state index is 5.91. The molecule has 0 saturated carbocycles. The van der Waals surface area contributed by atoms with Crippen molar-refractivity contribution in [2.45, 2.75) is 32.4 Å². The van der Waals surface area contributed by atoms with Crippen LogP contribution in [-0.4, -0.2) is 30.6 Å². The van der Waals surface area contributed by atoms with Gasteiger partial charge in [-0.3, -0.25) is 4.90 Å². The van der Waals surface area contributed by atoms with Gasteiger partial charge in [-0.05, 0) is 38.1 Å². The van der Waals surface area contributed by atoms with Gasteiger partial charge in [0.05, 0.1) is 6.54 Å². The topological polar surface area (TPSA) is 28.4 Å². The highest BCUT2D eigenvalue weighted by atomic mass is 16.3. The molecular weight excluding hydrogens is 260 g/mol. The summed E-state index contributed by atoms with van der Waals surface area (Å²) in [6.07, 6.45) is 2.65. The molecule has 2 heterocycles. The molecule has 1 aliphatic heterocycles. The molecule has 3 heteroatoms. The summed E-state index contributed by atoms with van der Waals surface area (Å²) in [7, 11) is 0. The van der Waals surface area contributed by atoms with Gasteiger partial charge >= 0.3 is 0 Å². The molecule has 0 unspecified atom stereocenters. The van der Waals surface area contributed by atoms with E-state index >= 15 is 0 Å². The van der Waals surface area contributed by atoms with Crippen molar-refractivity contribution in [3.63, 3.8) is 0 Å². The minimum absolute atomic E-state index is 0.693. The quantitative estimate of drug-likeness (QED) is 0.879. The molecule has 3 rings (SSSR count). The number of likely N-dealkylation sites (tertiary alicyclic amines) is 1. The first-order valence-corrected chi connectivity index (χ1v) is 7.95. The molecule has 0 radical (unpaired) electrons. The Bertz CT molecular complexity index is 549. The van der Waals surface area contributed by atoms with Gasteiger partial charge in [0, 0.05) is 18.2 Å². The zero-order valence-corrected chi connectivity index (χ0v) is 12.7. The molecule has 0 bridgehead atoms. The lowest BCUT2D eigenvalue weighted by Gasteiger charge is -2.22. The van der Waals surface area contributed by atoms with E-state index in [0.29, 0.717) is 6.04 Å². The van der Waals surface area contributed by atoms with Crippen LogP contribution in [0.15, 0.2) is 46.9 Å². The average molecular weight is 284 g/mol. The third-order valence-corrected chi connectivity index (χ3v) is 4.30. The summed E-state index contributed by atoms with van der Waals surface area (Å²) in [4.78, 5) is 2.56. The number of likely N-dealkylation sites (N-methyl/N-ethyl adjacent to an activating group) is 1. The third kappa shape index (κ3) is 3.55. The Kier molecular flexibility index (Phi) is 4.73. The van der Waals surface area contributed by atoms with E-state index < -0.39 is 0 Å². The van der Waals surface area contributed by atoms with Gasteiger partial charge in [-0.25, -0.2) is 0 Å². The summed E-state index contributed by atoms with van der Waals surface area (Å²) in [6, 6.07) is 15.1. The van der Waals surface area contributed by atoms with Gasteiger partial charge in [0.2, 0.25) is 0 Å². The minimum Gasteiger partial charge on any atom is -0.460 e. The summed E-state index contributed by atoms with van der Waals surface area (Å²) in [6.45, 7) is 6.51. The highest BCUT2D eigenvalue weighted by molar-refractivity contribution is 5.57. The van der Waals surface area contributed by atoms with E-state index in [2.05, 4.69) is 41.4 Å². The Labute approximate surface area is 127 Å². The van der Waals surface area contributed by atoms with Gasteiger partial charge in [0.15, 0.2) is 0 Å². The molecule has 1 fully saturated rings. The first-order chi connectivity index (χ1) is 10.4. The second-order valence-electron chi connectivity index (χ2n) is 5.69. The van der Waals surface area contributed by atoms with E-state index in [9.17, 15) is 0 Å². The lowest BCUT2D eigenvalue weighted by atomic mass is 10.2. The number of hydrogen-bond acceptors (Lipinski definition) is 3. The van der Waals surface area contributed by atoms with Crippen molar-refractivity contribution in [2.75, 3.05) is 19.6 Å². The number of furan rings is 1. The van der Waals surface area contributed by atoms with Gasteiger partial charge in [-0.15, -0.1) is 0 Å². The largest absolute Gasteiger partial charge is 0.460 e. The average Bonchev–Trinajstić information content (AvgIpc) is 3.17. The van der Waals surface area contributed by atoms with Crippen molar-refractivity contribution in [1.82, 2.24) is 10.2 Å². The lowest BCUT2D eigenvalue weighted by Crippen LogP contribution is -2.37. The first-order valence-electron chi connectivity index (χ1n) is 7.95. The molecular formula is C18H24N2O. The van der Waals surface area contributed by atoms with Gasteiger partial charge in [-0.1, -0.05) is 37.3 Å². The van der Waals surface area contributed by atoms with E-state index in [4.69, 9.17) is 4.42 Å². The van der Waals surface area contributed by atoms with Crippen LogP contribution in [0.2, 0.25) is 0 Å². The summed E-state index contributed by atoms with van der Waals surface area (Å²) >= 11 is 0. The van der Waals surface area contributed by atoms with Crippen LogP contribution < -0.4 is 5.32 Å². The van der Waals surface area contributed by atoms with Gasteiger partial charge in [0.25, 0.3) is 0 Å². The van der Waals surface area contributed by atoms with Crippen LogP contribution in [0.5, 0.6) is 0 Å². The maximum Gasteiger partial charge on any atom is 0.134 e. The number of nitrogens with zero attached hydrogens (tertiary/aromatic N) is 1. The Morgan fingerprint density at radius 1 is 1.19 bits per heavy atom. The molecule has 0 amide bonds. The molecule has 3 nitrogen and oxygen atoms in total. The van der Waals surface area contributed by atoms with E-state index in [1.54, 1.807) is 0 Å². The standard InChI is InChI=1S/C18H24N2O/c1-2-20-12-6-9-16(20)13-19-14-17-10-11-18(21-17)15-7-4-3-5-8-15/h3-5,7-8,10-11,16,19H,2,6,9,12-14H2,1H3/t16-/m0/s1. The van der Waals surface area contributed by atoms with Crippen LogP contribution in [0.1, 0.15) is 25.5 Å². The maximum atomic E-state index is 5.91. The Hall–Kier alpha value is -1.58. The van der Waals surface area contributed by atoms with Crippen LogP contribution in [0.4, 0.5) is 0 Å². The first kappa shape index (κ1) is 14.4. The molecule has 0 spiro atoms. The highest BCUT2D eigenvalue weighted by Crippen LogP contribution is 2.21. The van der Waals surface area contributed by atoms with Crippen molar-refractivity contribution in [1.29, 1.82) is 0 Å². The molecule has 1 aromatic heterocycles. The Morgan fingerprint density at radius 3 is 2.86 bits per heavy atom. The van der Waals surface area contributed by atoms with E-state index in [0.717, 1.165) is 36.7 Å². The number of hydrogen-bond donors (Lipinski definition) is 1. The fourth-order valence-electron chi connectivity index (χ4n) is 3.14. The molecule has 21 heavy (non-hydrogen) atoms.